The molecule has 0 unspecified atom stereocenters. The summed E-state index contributed by atoms with van der Waals surface area (Å²) in [4.78, 5) is 5.02. The van der Waals surface area contributed by atoms with E-state index in [1.807, 2.05) is 0 Å². The number of nitrogens with zero attached hydrogens (tertiary/aromatic N) is 2. The molecular weight excluding hydrogens is 1290 g/mol. The van der Waals surface area contributed by atoms with Crippen molar-refractivity contribution < 1.29 is 0 Å². The molecule has 107 heavy (non-hydrogen) atoms. The quantitative estimate of drug-likeness (QED) is 0.142. The fraction of sp³-hybridized carbons (Fsp3) is 0.143. The van der Waals surface area contributed by atoms with E-state index in [2.05, 4.69) is 394 Å². The number of para-hydroxylation sites is 2. The van der Waals surface area contributed by atoms with Gasteiger partial charge < -0.3 is 9.80 Å². The van der Waals surface area contributed by atoms with Crippen molar-refractivity contribution in [2.75, 3.05) is 9.80 Å². The van der Waals surface area contributed by atoms with E-state index in [0.29, 0.717) is 0 Å². The van der Waals surface area contributed by atoms with Crippen molar-refractivity contribution in [1.82, 2.24) is 0 Å². The van der Waals surface area contributed by atoms with Crippen LogP contribution < -0.4 is 9.80 Å². The first-order chi connectivity index (χ1) is 51.8. The summed E-state index contributed by atoms with van der Waals surface area (Å²) in [6.07, 6.45) is 0. The van der Waals surface area contributed by atoms with Crippen LogP contribution in [0.2, 0.25) is 0 Å². The van der Waals surface area contributed by atoms with Crippen molar-refractivity contribution in [3.05, 3.63) is 371 Å². The number of hydrogen-bond donors (Lipinski definition) is 0. The average Bonchev–Trinajstić information content (AvgIpc) is 1.55. The van der Waals surface area contributed by atoms with Gasteiger partial charge in [-0.3, -0.25) is 0 Å². The van der Waals surface area contributed by atoms with Gasteiger partial charge >= 0.3 is 0 Å². The van der Waals surface area contributed by atoms with Gasteiger partial charge in [0.2, 0.25) is 0 Å². The third kappa shape index (κ3) is 8.94. The largest absolute Gasteiger partial charge is 0.310 e. The molecule has 16 aromatic carbocycles. The van der Waals surface area contributed by atoms with Gasteiger partial charge in [-0.2, -0.15) is 0 Å². The van der Waals surface area contributed by atoms with Crippen LogP contribution in [-0.2, 0) is 27.1 Å². The molecule has 0 fully saturated rings. The maximum Gasteiger partial charge on any atom is 0.0543 e. The number of rotatable bonds is 9. The lowest BCUT2D eigenvalue weighted by Crippen LogP contribution is -2.19. The average molecular weight is 1370 g/mol. The molecule has 512 valence electrons. The second kappa shape index (κ2) is 22.5. The minimum absolute atomic E-state index is 0.212. The van der Waals surface area contributed by atoms with Crippen LogP contribution in [0.15, 0.2) is 315 Å². The highest BCUT2D eigenvalue weighted by Gasteiger charge is 2.46. The zero-order valence-electron chi connectivity index (χ0n) is 62.4. The third-order valence-corrected chi connectivity index (χ3v) is 26.0. The molecule has 5 aliphatic carbocycles. The van der Waals surface area contributed by atoms with E-state index in [-0.39, 0.29) is 27.1 Å². The predicted molar refractivity (Wildman–Crippen MR) is 452 cm³/mol. The molecule has 0 N–H and O–H groups in total. The summed E-state index contributed by atoms with van der Waals surface area (Å²) in [5.74, 6) is 0. The van der Waals surface area contributed by atoms with Crippen molar-refractivity contribution in [3.8, 4) is 89.0 Å². The Morgan fingerprint density at radius 2 is 0.486 bits per heavy atom. The molecule has 2 nitrogen and oxygen atoms in total. The Kier molecular flexibility index (Phi) is 13.3. The zero-order chi connectivity index (χ0) is 72.4. The van der Waals surface area contributed by atoms with Crippen LogP contribution in [0.25, 0.3) is 121 Å². The van der Waals surface area contributed by atoms with Crippen molar-refractivity contribution in [3.63, 3.8) is 0 Å². The molecule has 16 aromatic rings. The van der Waals surface area contributed by atoms with Crippen LogP contribution in [0.3, 0.4) is 0 Å². The molecule has 0 bridgehead atoms. The summed E-state index contributed by atoms with van der Waals surface area (Å²) in [6, 6.07) is 120. The number of fused-ring (bicyclic) bond motifs is 21. The molecule has 0 heterocycles. The van der Waals surface area contributed by atoms with Crippen LogP contribution in [0.1, 0.15) is 125 Å². The van der Waals surface area contributed by atoms with Gasteiger partial charge in [-0.05, 0) is 275 Å². The van der Waals surface area contributed by atoms with Crippen LogP contribution >= 0.6 is 0 Å². The molecule has 0 spiro atoms. The summed E-state index contributed by atoms with van der Waals surface area (Å²) in [5.41, 5.74) is 40.0. The number of anilines is 6. The Labute approximate surface area is 628 Å². The summed E-state index contributed by atoms with van der Waals surface area (Å²) in [7, 11) is 0. The fourth-order valence-corrected chi connectivity index (χ4v) is 20.4. The van der Waals surface area contributed by atoms with Gasteiger partial charge in [-0.1, -0.05) is 282 Å². The molecule has 5 aliphatic rings. The van der Waals surface area contributed by atoms with Crippen LogP contribution in [0.5, 0.6) is 0 Å². The highest BCUT2D eigenvalue weighted by Crippen LogP contribution is 2.62. The summed E-state index contributed by atoms with van der Waals surface area (Å²) < 4.78 is 0. The van der Waals surface area contributed by atoms with Gasteiger partial charge in [-0.15, -0.1) is 0 Å². The maximum atomic E-state index is 2.59. The molecular formula is C105H82N2. The summed E-state index contributed by atoms with van der Waals surface area (Å²) >= 11 is 0. The van der Waals surface area contributed by atoms with Gasteiger partial charge in [0.05, 0.1) is 5.69 Å². The van der Waals surface area contributed by atoms with E-state index in [4.69, 9.17) is 0 Å². The van der Waals surface area contributed by atoms with E-state index in [1.165, 1.54) is 183 Å². The van der Waals surface area contributed by atoms with E-state index < -0.39 is 0 Å². The molecule has 0 aromatic heterocycles. The molecule has 2 heteroatoms. The smallest absolute Gasteiger partial charge is 0.0543 e. The van der Waals surface area contributed by atoms with Crippen LogP contribution in [0.4, 0.5) is 34.1 Å². The lowest BCUT2D eigenvalue weighted by Gasteiger charge is -2.31. The van der Waals surface area contributed by atoms with Crippen molar-refractivity contribution in [2.24, 2.45) is 0 Å². The highest BCUT2D eigenvalue weighted by molar-refractivity contribution is 6.13. The van der Waals surface area contributed by atoms with Crippen LogP contribution in [-0.4, -0.2) is 0 Å². The molecule has 0 aliphatic heterocycles. The molecule has 0 atom stereocenters. The number of hydrogen-bond acceptors (Lipinski definition) is 2. The first-order valence-electron chi connectivity index (χ1n) is 38.3. The minimum atomic E-state index is -0.323. The van der Waals surface area contributed by atoms with Crippen molar-refractivity contribution in [1.29, 1.82) is 0 Å². The Morgan fingerprint density at radius 3 is 0.991 bits per heavy atom. The maximum absolute atomic E-state index is 2.59. The van der Waals surface area contributed by atoms with Crippen molar-refractivity contribution >= 4 is 66.4 Å². The Balaban J connectivity index is 0.673. The SMILES string of the molecule is CC1(C)c2cc(-c3ccc4c(c3)-c3cc5c(cc3C4(C)C)-c3c(cc(N(c4ccccc4)c4ccccc4)c4ccccc34)C5(C)C)ccc2-c2ccc(N(c3ccc4c(c3)C(C)(C)c3cc(-c5ccccc5)c5ccccc5c3-4)c3ccc4c(c3)C(C)(C)c3cc(-c5ccccc5)c5ccccc5c3-4)cc21. The van der Waals surface area contributed by atoms with Crippen molar-refractivity contribution in [2.45, 2.75) is 96.3 Å². The first-order valence-corrected chi connectivity index (χ1v) is 38.3. The Morgan fingerprint density at radius 1 is 0.168 bits per heavy atom. The highest BCUT2D eigenvalue weighted by atomic mass is 15.1. The Bertz CT molecular complexity index is 6270. The first kappa shape index (κ1) is 63.4. The summed E-state index contributed by atoms with van der Waals surface area (Å²) in [6.45, 7) is 24.5. The van der Waals surface area contributed by atoms with E-state index >= 15 is 0 Å². The normalized spacial score (nSPS) is 15.4. The predicted octanol–water partition coefficient (Wildman–Crippen LogP) is 28.6. The standard InChI is InChI=1S/C105H82N2/c1-101(2)87-52-44-65(53-84(87)85-60-93-86(61-92(85)101)100-79-42-28-25-39-76(79)97(62-96(100)105(93,9)10)107(67-33-19-13-20-34-67)68-35-21-14-22-36-68)66-43-48-74-75-49-45-69(55-89(75)102(3,4)88(74)54-66)106(70-46-50-80-90(56-70)103(5,6)94-58-82(63-29-15-11-16-30-63)72-37-23-26-40-77(72)98(80)94)71-47-51-81-91(57-71)104(7,8)95-59-83(64-31-17-12-18-32-64)73-38-24-27-41-78(73)99(81)95/h11-62H,1-10H3. The topological polar surface area (TPSA) is 6.48 Å². The molecule has 0 radical (unpaired) electrons. The van der Waals surface area contributed by atoms with Crippen LogP contribution in [0, 0.1) is 0 Å². The minimum Gasteiger partial charge on any atom is -0.310 e. The monoisotopic (exact) mass is 1370 g/mol. The second-order valence-corrected chi connectivity index (χ2v) is 33.5. The van der Waals surface area contributed by atoms with Gasteiger partial charge in [0.15, 0.2) is 0 Å². The second-order valence-electron chi connectivity index (χ2n) is 33.5. The zero-order valence-corrected chi connectivity index (χ0v) is 62.4. The van der Waals surface area contributed by atoms with E-state index in [9.17, 15) is 0 Å². The lowest BCUT2D eigenvalue weighted by molar-refractivity contribution is 0.652. The number of benzene rings is 16. The Hall–Kier alpha value is -12.1. The van der Waals surface area contributed by atoms with E-state index in [0.717, 1.165) is 28.4 Å². The fourth-order valence-electron chi connectivity index (χ4n) is 20.4. The lowest BCUT2D eigenvalue weighted by atomic mass is 9.79. The third-order valence-electron chi connectivity index (χ3n) is 26.0. The van der Waals surface area contributed by atoms with E-state index in [1.54, 1.807) is 0 Å². The molecule has 21 rings (SSSR count). The molecule has 0 amide bonds. The molecule has 0 saturated carbocycles. The van der Waals surface area contributed by atoms with Gasteiger partial charge in [0.1, 0.15) is 0 Å². The van der Waals surface area contributed by atoms with Gasteiger partial charge in [0.25, 0.3) is 0 Å². The van der Waals surface area contributed by atoms with Gasteiger partial charge in [0, 0.05) is 60.9 Å². The molecule has 0 saturated heterocycles. The van der Waals surface area contributed by atoms with Gasteiger partial charge in [-0.25, -0.2) is 0 Å². The summed E-state index contributed by atoms with van der Waals surface area (Å²) in [5, 5.41) is 7.71.